The average molecular weight is 361 g/mol. The second-order valence-corrected chi connectivity index (χ2v) is 6.55. The molecule has 1 amide bonds. The molecule has 1 saturated heterocycles. The number of benzene rings is 1. The van der Waals surface area contributed by atoms with Crippen LogP contribution in [0.2, 0.25) is 5.02 Å². The summed E-state index contributed by atoms with van der Waals surface area (Å²) in [5.74, 6) is 0.455. The van der Waals surface area contributed by atoms with Crippen LogP contribution in [0.15, 0.2) is 46.7 Å². The van der Waals surface area contributed by atoms with Gasteiger partial charge in [0.15, 0.2) is 5.71 Å². The lowest BCUT2D eigenvalue weighted by Gasteiger charge is -2.30. The third kappa shape index (κ3) is 4.27. The topological polar surface area (TPSA) is 66.3 Å². The van der Waals surface area contributed by atoms with Crippen molar-refractivity contribution in [3.05, 3.63) is 47.1 Å². The Morgan fingerprint density at radius 2 is 2.00 bits per heavy atom. The summed E-state index contributed by atoms with van der Waals surface area (Å²) in [5.41, 5.74) is 1.85. The maximum atomic E-state index is 12.6. The van der Waals surface area contributed by atoms with E-state index in [-0.39, 0.29) is 17.7 Å². The molecular formula is C18H21ClN4O2. The number of amides is 1. The first kappa shape index (κ1) is 17.6. The Bertz CT molecular complexity index is 721. The van der Waals surface area contributed by atoms with Crippen LogP contribution in [-0.4, -0.2) is 41.6 Å². The molecule has 1 aromatic rings. The van der Waals surface area contributed by atoms with Crippen molar-refractivity contribution in [3.8, 4) is 0 Å². The van der Waals surface area contributed by atoms with Gasteiger partial charge in [0.2, 0.25) is 0 Å². The zero-order chi connectivity index (χ0) is 17.8. The standard InChI is InChI=1S/C18H21ClN4O2/c1-12-17(18(24)20-16-7-9-25-10-8-16)22-21-13(2)23(12)11-14-3-5-15(19)6-4-14/h3-6,16H,1,7-11H2,2H3,(H,20,24). The SMILES string of the molecule is C=C1C(C(=O)NC2CCOCC2)=NN=C(C)N1Cc1ccc(Cl)cc1. The molecular weight excluding hydrogens is 340 g/mol. The molecule has 2 aliphatic heterocycles. The monoisotopic (exact) mass is 360 g/mol. The molecule has 2 heterocycles. The molecule has 1 N–H and O–H groups in total. The van der Waals surface area contributed by atoms with Crippen LogP contribution < -0.4 is 5.32 Å². The number of nitrogens with one attached hydrogen (secondary N) is 1. The lowest BCUT2D eigenvalue weighted by molar-refractivity contribution is -0.116. The van der Waals surface area contributed by atoms with Crippen LogP contribution in [-0.2, 0) is 16.1 Å². The highest BCUT2D eigenvalue weighted by Crippen LogP contribution is 2.18. The van der Waals surface area contributed by atoms with Gasteiger partial charge in [-0.3, -0.25) is 4.79 Å². The number of amidine groups is 1. The van der Waals surface area contributed by atoms with Gasteiger partial charge in [0.1, 0.15) is 5.84 Å². The number of hydrogen-bond donors (Lipinski definition) is 1. The Kier molecular flexibility index (Phi) is 5.50. The van der Waals surface area contributed by atoms with Gasteiger partial charge in [0.25, 0.3) is 5.91 Å². The van der Waals surface area contributed by atoms with E-state index in [0.29, 0.717) is 36.3 Å². The van der Waals surface area contributed by atoms with Crippen molar-refractivity contribution in [1.29, 1.82) is 0 Å². The third-order valence-corrected chi connectivity index (χ3v) is 4.56. The first-order valence-corrected chi connectivity index (χ1v) is 8.64. The van der Waals surface area contributed by atoms with Gasteiger partial charge in [-0.15, -0.1) is 10.2 Å². The Labute approximate surface area is 152 Å². The summed E-state index contributed by atoms with van der Waals surface area (Å²) in [6, 6.07) is 7.66. The van der Waals surface area contributed by atoms with E-state index >= 15 is 0 Å². The highest BCUT2D eigenvalue weighted by atomic mass is 35.5. The number of carbonyl (C=O) groups excluding carboxylic acids is 1. The molecule has 0 atom stereocenters. The predicted octanol–water partition coefficient (Wildman–Crippen LogP) is 2.74. The maximum Gasteiger partial charge on any atom is 0.274 e. The highest BCUT2D eigenvalue weighted by molar-refractivity contribution is 6.45. The van der Waals surface area contributed by atoms with Crippen molar-refractivity contribution < 1.29 is 9.53 Å². The fourth-order valence-corrected chi connectivity index (χ4v) is 2.94. The predicted molar refractivity (Wildman–Crippen MR) is 98.7 cm³/mol. The first-order chi connectivity index (χ1) is 12.0. The molecule has 0 radical (unpaired) electrons. The normalized spacial score (nSPS) is 18.6. The molecule has 0 aliphatic carbocycles. The number of hydrogen-bond acceptors (Lipinski definition) is 5. The van der Waals surface area contributed by atoms with Crippen LogP contribution in [0.25, 0.3) is 0 Å². The third-order valence-electron chi connectivity index (χ3n) is 4.31. The smallest absolute Gasteiger partial charge is 0.274 e. The van der Waals surface area contributed by atoms with Crippen LogP contribution in [0.3, 0.4) is 0 Å². The molecule has 3 rings (SSSR count). The summed E-state index contributed by atoms with van der Waals surface area (Å²) in [7, 11) is 0. The minimum absolute atomic E-state index is 0.105. The lowest BCUT2D eigenvalue weighted by Crippen LogP contribution is -2.46. The van der Waals surface area contributed by atoms with Crippen molar-refractivity contribution in [2.45, 2.75) is 32.4 Å². The second-order valence-electron chi connectivity index (χ2n) is 6.12. The van der Waals surface area contributed by atoms with Crippen molar-refractivity contribution in [1.82, 2.24) is 10.2 Å². The van der Waals surface area contributed by atoms with E-state index in [9.17, 15) is 4.79 Å². The summed E-state index contributed by atoms with van der Waals surface area (Å²) in [5, 5.41) is 11.9. The van der Waals surface area contributed by atoms with Crippen molar-refractivity contribution in [2.24, 2.45) is 10.2 Å². The van der Waals surface area contributed by atoms with Crippen LogP contribution in [0.4, 0.5) is 0 Å². The number of rotatable bonds is 4. The molecule has 132 valence electrons. The largest absolute Gasteiger partial charge is 0.381 e. The molecule has 1 fully saturated rings. The van der Waals surface area contributed by atoms with Crippen LogP contribution in [0, 0.1) is 0 Å². The molecule has 0 unspecified atom stereocenters. The van der Waals surface area contributed by atoms with Gasteiger partial charge in [0, 0.05) is 30.8 Å². The number of ether oxygens (including phenoxy) is 1. The van der Waals surface area contributed by atoms with E-state index in [2.05, 4.69) is 22.1 Å². The van der Waals surface area contributed by atoms with E-state index < -0.39 is 0 Å². The summed E-state index contributed by atoms with van der Waals surface area (Å²) in [6.07, 6.45) is 1.62. The van der Waals surface area contributed by atoms with Crippen molar-refractivity contribution in [2.75, 3.05) is 13.2 Å². The molecule has 0 aromatic heterocycles. The number of nitrogens with zero attached hydrogens (tertiary/aromatic N) is 3. The lowest BCUT2D eigenvalue weighted by atomic mass is 10.1. The summed E-state index contributed by atoms with van der Waals surface area (Å²) in [4.78, 5) is 14.5. The summed E-state index contributed by atoms with van der Waals surface area (Å²) < 4.78 is 5.32. The fourth-order valence-electron chi connectivity index (χ4n) is 2.81. The highest BCUT2D eigenvalue weighted by Gasteiger charge is 2.27. The zero-order valence-electron chi connectivity index (χ0n) is 14.2. The Morgan fingerprint density at radius 1 is 1.32 bits per heavy atom. The van der Waals surface area contributed by atoms with E-state index in [0.717, 1.165) is 18.4 Å². The minimum Gasteiger partial charge on any atom is -0.381 e. The first-order valence-electron chi connectivity index (χ1n) is 8.26. The van der Waals surface area contributed by atoms with Gasteiger partial charge in [-0.05, 0) is 37.5 Å². The van der Waals surface area contributed by atoms with Crippen LogP contribution >= 0.6 is 11.6 Å². The molecule has 1 aromatic carbocycles. The molecule has 0 saturated carbocycles. The van der Waals surface area contributed by atoms with Crippen LogP contribution in [0.1, 0.15) is 25.3 Å². The molecule has 7 heteroatoms. The Balaban J connectivity index is 1.70. The van der Waals surface area contributed by atoms with Gasteiger partial charge in [-0.1, -0.05) is 30.3 Å². The maximum absolute atomic E-state index is 12.6. The Morgan fingerprint density at radius 3 is 2.68 bits per heavy atom. The summed E-state index contributed by atoms with van der Waals surface area (Å²) >= 11 is 5.93. The molecule has 25 heavy (non-hydrogen) atoms. The van der Waals surface area contributed by atoms with Gasteiger partial charge in [-0.2, -0.15) is 0 Å². The van der Waals surface area contributed by atoms with Gasteiger partial charge in [-0.25, -0.2) is 0 Å². The van der Waals surface area contributed by atoms with Crippen molar-refractivity contribution >= 4 is 29.1 Å². The number of halogens is 1. The van der Waals surface area contributed by atoms with E-state index in [1.165, 1.54) is 0 Å². The summed E-state index contributed by atoms with van der Waals surface area (Å²) in [6.45, 7) is 7.78. The minimum atomic E-state index is -0.241. The van der Waals surface area contributed by atoms with E-state index in [1.807, 2.05) is 36.1 Å². The van der Waals surface area contributed by atoms with Gasteiger partial charge < -0.3 is 15.0 Å². The average Bonchev–Trinajstić information content (AvgIpc) is 2.61. The molecule has 2 aliphatic rings. The zero-order valence-corrected chi connectivity index (χ0v) is 14.9. The number of carbonyl (C=O) groups is 1. The van der Waals surface area contributed by atoms with E-state index in [1.54, 1.807) is 0 Å². The Hall–Kier alpha value is -2.18. The van der Waals surface area contributed by atoms with Gasteiger partial charge >= 0.3 is 0 Å². The van der Waals surface area contributed by atoms with Crippen molar-refractivity contribution in [3.63, 3.8) is 0 Å². The molecule has 6 nitrogen and oxygen atoms in total. The quantitative estimate of drug-likeness (QED) is 0.897. The van der Waals surface area contributed by atoms with E-state index in [4.69, 9.17) is 16.3 Å². The molecule has 0 bridgehead atoms. The molecule has 0 spiro atoms. The van der Waals surface area contributed by atoms with Crippen LogP contribution in [0.5, 0.6) is 0 Å². The van der Waals surface area contributed by atoms with Gasteiger partial charge in [0.05, 0.1) is 5.70 Å². The second kappa shape index (κ2) is 7.80. The fraction of sp³-hybridized carbons (Fsp3) is 0.389.